The second kappa shape index (κ2) is 7.95. The summed E-state index contributed by atoms with van der Waals surface area (Å²) in [5.41, 5.74) is 4.01. The van der Waals surface area contributed by atoms with Crippen molar-refractivity contribution in [2.75, 3.05) is 18.5 Å². The molecule has 6 heteroatoms. The Hall–Kier alpha value is -2.37. The molecule has 0 aliphatic heterocycles. The predicted molar refractivity (Wildman–Crippen MR) is 94.3 cm³/mol. The maximum absolute atomic E-state index is 11.9. The number of rotatable bonds is 6. The Morgan fingerprint density at radius 1 is 1.25 bits per heavy atom. The number of nitrogens with zero attached hydrogens (tertiary/aromatic N) is 1. The molecule has 1 aliphatic rings. The number of carbonyl (C=O) groups excluding carboxylic acids is 2. The summed E-state index contributed by atoms with van der Waals surface area (Å²) in [4.78, 5) is 23.6. The molecule has 0 saturated heterocycles. The first kappa shape index (κ1) is 18.0. The molecule has 0 radical (unpaired) electrons. The molecule has 0 unspecified atom stereocenters. The van der Waals surface area contributed by atoms with E-state index in [9.17, 15) is 9.59 Å². The van der Waals surface area contributed by atoms with E-state index in [1.807, 2.05) is 45.0 Å². The molecule has 0 aromatic heterocycles. The second-order valence-corrected chi connectivity index (χ2v) is 6.76. The van der Waals surface area contributed by atoms with Gasteiger partial charge in [0.2, 0.25) is 0 Å². The molecule has 1 amide bonds. The highest BCUT2D eigenvalue weighted by molar-refractivity contribution is 6.05. The van der Waals surface area contributed by atoms with Crippen LogP contribution in [0.4, 0.5) is 5.69 Å². The van der Waals surface area contributed by atoms with E-state index in [0.29, 0.717) is 19.4 Å². The average molecular weight is 331 g/mol. The summed E-state index contributed by atoms with van der Waals surface area (Å²) in [5, 5.41) is 7.14. The van der Waals surface area contributed by atoms with Gasteiger partial charge in [-0.2, -0.15) is 5.10 Å². The summed E-state index contributed by atoms with van der Waals surface area (Å²) < 4.78 is 5.37. The lowest BCUT2D eigenvalue weighted by atomic mass is 9.76. The van der Waals surface area contributed by atoms with Crippen LogP contribution in [0.2, 0.25) is 0 Å². The van der Waals surface area contributed by atoms with Crippen LogP contribution in [0.25, 0.3) is 0 Å². The highest BCUT2D eigenvalue weighted by atomic mass is 16.5. The summed E-state index contributed by atoms with van der Waals surface area (Å²) >= 11 is 0. The Morgan fingerprint density at radius 3 is 2.58 bits per heavy atom. The lowest BCUT2D eigenvalue weighted by Crippen LogP contribution is -2.32. The average Bonchev–Trinajstić information content (AvgIpc) is 2.51. The molecule has 24 heavy (non-hydrogen) atoms. The van der Waals surface area contributed by atoms with Gasteiger partial charge in [0.05, 0.1) is 13.2 Å². The molecule has 1 aromatic rings. The van der Waals surface area contributed by atoms with E-state index in [1.165, 1.54) is 0 Å². The van der Waals surface area contributed by atoms with E-state index >= 15 is 0 Å². The van der Waals surface area contributed by atoms with E-state index in [2.05, 4.69) is 15.8 Å². The van der Waals surface area contributed by atoms with Crippen LogP contribution in [0.1, 0.15) is 40.0 Å². The molecule has 1 saturated carbocycles. The molecule has 0 spiro atoms. The monoisotopic (exact) mass is 331 g/mol. The maximum Gasteiger partial charge on any atom is 0.259 e. The maximum atomic E-state index is 11.9. The third kappa shape index (κ3) is 5.68. The van der Waals surface area contributed by atoms with Crippen LogP contribution in [0.3, 0.4) is 0 Å². The molecule has 6 nitrogen and oxygen atoms in total. The largest absolute Gasteiger partial charge is 0.494 e. The van der Waals surface area contributed by atoms with Crippen LogP contribution < -0.4 is 15.5 Å². The predicted octanol–water partition coefficient (Wildman–Crippen LogP) is 2.75. The molecule has 1 aromatic carbocycles. The molecule has 1 fully saturated rings. The zero-order valence-electron chi connectivity index (χ0n) is 14.5. The molecule has 2 rings (SSSR count). The van der Waals surface area contributed by atoms with Gasteiger partial charge in [-0.05, 0) is 43.0 Å². The number of hydrazone groups is 1. The Labute approximate surface area is 142 Å². The standard InChI is InChI=1S/C18H25N3O3/c1-4-24-16-7-5-13(6-8-16)19-12-17(23)21-20-14-9-15(22)11-18(2,3)10-14/h5-8,19H,4,9-12H2,1-3H3,(H,21,23)/b20-14-. The zero-order chi connectivity index (χ0) is 17.6. The fraction of sp³-hybridized carbons (Fsp3) is 0.500. The molecule has 0 bridgehead atoms. The fourth-order valence-electron chi connectivity index (χ4n) is 2.78. The van der Waals surface area contributed by atoms with Crippen molar-refractivity contribution in [1.82, 2.24) is 5.43 Å². The highest BCUT2D eigenvalue weighted by Gasteiger charge is 2.30. The number of anilines is 1. The number of hydrogen-bond acceptors (Lipinski definition) is 5. The second-order valence-electron chi connectivity index (χ2n) is 6.76. The van der Waals surface area contributed by atoms with Gasteiger partial charge in [0.25, 0.3) is 5.91 Å². The van der Waals surface area contributed by atoms with Gasteiger partial charge < -0.3 is 10.1 Å². The smallest absolute Gasteiger partial charge is 0.259 e. The molecule has 130 valence electrons. The minimum Gasteiger partial charge on any atom is -0.494 e. The van der Waals surface area contributed by atoms with Crippen LogP contribution in [0.5, 0.6) is 5.75 Å². The van der Waals surface area contributed by atoms with E-state index in [0.717, 1.165) is 23.6 Å². The van der Waals surface area contributed by atoms with E-state index in [-0.39, 0.29) is 23.7 Å². The van der Waals surface area contributed by atoms with Crippen molar-refractivity contribution >= 4 is 23.1 Å². The number of ketones is 1. The lowest BCUT2D eigenvalue weighted by molar-refractivity contribution is -0.121. The number of nitrogens with one attached hydrogen (secondary N) is 2. The fourth-order valence-corrected chi connectivity index (χ4v) is 2.78. The van der Waals surface area contributed by atoms with Crippen LogP contribution in [0.15, 0.2) is 29.4 Å². The van der Waals surface area contributed by atoms with Crippen molar-refractivity contribution in [2.45, 2.75) is 40.0 Å². The summed E-state index contributed by atoms with van der Waals surface area (Å²) in [6, 6.07) is 7.40. The number of amides is 1. The Kier molecular flexibility index (Phi) is 5.95. The third-order valence-corrected chi connectivity index (χ3v) is 3.72. The Balaban J connectivity index is 1.80. The number of hydrogen-bond donors (Lipinski definition) is 2. The molecular formula is C18H25N3O3. The van der Waals surface area contributed by atoms with Crippen LogP contribution in [-0.4, -0.2) is 30.6 Å². The van der Waals surface area contributed by atoms with Gasteiger partial charge in [-0.25, -0.2) is 5.43 Å². The molecule has 0 atom stereocenters. The van der Waals surface area contributed by atoms with Crippen LogP contribution in [-0.2, 0) is 9.59 Å². The van der Waals surface area contributed by atoms with Crippen molar-refractivity contribution in [3.05, 3.63) is 24.3 Å². The van der Waals surface area contributed by atoms with Gasteiger partial charge in [0, 0.05) is 24.2 Å². The SMILES string of the molecule is CCOc1ccc(NCC(=O)N/N=C2/CC(=O)CC(C)(C)C2)cc1. The number of benzene rings is 1. The summed E-state index contributed by atoms with van der Waals surface area (Å²) in [7, 11) is 0. The van der Waals surface area contributed by atoms with Gasteiger partial charge in [0.15, 0.2) is 0 Å². The quantitative estimate of drug-likeness (QED) is 0.786. The highest BCUT2D eigenvalue weighted by Crippen LogP contribution is 2.31. The van der Waals surface area contributed by atoms with Gasteiger partial charge >= 0.3 is 0 Å². The van der Waals surface area contributed by atoms with Gasteiger partial charge in [0.1, 0.15) is 11.5 Å². The Morgan fingerprint density at radius 2 is 1.96 bits per heavy atom. The number of carbonyl (C=O) groups is 2. The first-order chi connectivity index (χ1) is 11.4. The lowest BCUT2D eigenvalue weighted by Gasteiger charge is -2.29. The summed E-state index contributed by atoms with van der Waals surface area (Å²) in [5.74, 6) is 0.724. The normalized spacial score (nSPS) is 18.3. The molecule has 1 aliphatic carbocycles. The molecule has 0 heterocycles. The van der Waals surface area contributed by atoms with E-state index in [1.54, 1.807) is 0 Å². The third-order valence-electron chi connectivity index (χ3n) is 3.72. The first-order valence-corrected chi connectivity index (χ1v) is 8.21. The van der Waals surface area contributed by atoms with Crippen molar-refractivity contribution in [3.63, 3.8) is 0 Å². The van der Waals surface area contributed by atoms with Crippen molar-refractivity contribution in [1.29, 1.82) is 0 Å². The summed E-state index contributed by atoms with van der Waals surface area (Å²) in [6.45, 7) is 6.74. The summed E-state index contributed by atoms with van der Waals surface area (Å²) in [6.07, 6.45) is 1.63. The van der Waals surface area contributed by atoms with Crippen LogP contribution in [0, 0.1) is 5.41 Å². The number of Topliss-reactive ketones (excluding diaryl/α,β-unsaturated/α-hetero) is 1. The Bertz CT molecular complexity index is 621. The van der Waals surface area contributed by atoms with E-state index in [4.69, 9.17) is 4.74 Å². The minimum atomic E-state index is -0.243. The molecule has 2 N–H and O–H groups in total. The minimum absolute atomic E-state index is 0.0839. The topological polar surface area (TPSA) is 79.8 Å². The van der Waals surface area contributed by atoms with E-state index < -0.39 is 0 Å². The van der Waals surface area contributed by atoms with Crippen LogP contribution >= 0.6 is 0 Å². The van der Waals surface area contributed by atoms with Gasteiger partial charge in [-0.1, -0.05) is 13.8 Å². The van der Waals surface area contributed by atoms with Crippen molar-refractivity contribution in [2.24, 2.45) is 10.5 Å². The van der Waals surface area contributed by atoms with Gasteiger partial charge in [-0.3, -0.25) is 9.59 Å². The number of ether oxygens (including phenoxy) is 1. The zero-order valence-corrected chi connectivity index (χ0v) is 14.5. The van der Waals surface area contributed by atoms with Crippen molar-refractivity contribution in [3.8, 4) is 5.75 Å². The first-order valence-electron chi connectivity index (χ1n) is 8.21. The molecular weight excluding hydrogens is 306 g/mol. The van der Waals surface area contributed by atoms with Gasteiger partial charge in [-0.15, -0.1) is 0 Å². The van der Waals surface area contributed by atoms with Crippen molar-refractivity contribution < 1.29 is 14.3 Å².